The summed E-state index contributed by atoms with van der Waals surface area (Å²) in [5, 5.41) is 0. The number of hydrogen-bond acceptors (Lipinski definition) is 4. The third-order valence-electron chi connectivity index (χ3n) is 6.63. The topological polar surface area (TPSA) is 49.9 Å². The summed E-state index contributed by atoms with van der Waals surface area (Å²) < 4.78 is 18.2. The van der Waals surface area contributed by atoms with E-state index >= 15 is 0 Å². The molecule has 5 nitrogen and oxygen atoms in total. The van der Waals surface area contributed by atoms with Gasteiger partial charge < -0.3 is 9.64 Å². The fourth-order valence-electron chi connectivity index (χ4n) is 4.68. The van der Waals surface area contributed by atoms with Crippen molar-refractivity contribution in [2.45, 2.75) is 31.2 Å². The Balaban J connectivity index is 1.47. The number of methoxy groups -OCH3 is 1. The highest BCUT2D eigenvalue weighted by Crippen LogP contribution is 2.29. The van der Waals surface area contributed by atoms with Crippen LogP contribution in [0.4, 0.5) is 4.39 Å². The van der Waals surface area contributed by atoms with Gasteiger partial charge in [0.15, 0.2) is 0 Å². The molecule has 0 saturated carbocycles. The van der Waals surface area contributed by atoms with Gasteiger partial charge in [0, 0.05) is 44.6 Å². The molecular formula is C30H31FN2O3. The number of rotatable bonds is 6. The molecule has 0 spiro atoms. The van der Waals surface area contributed by atoms with Crippen molar-refractivity contribution in [1.82, 2.24) is 9.80 Å². The Kier molecular flexibility index (Phi) is 8.70. The first-order chi connectivity index (χ1) is 17.6. The number of amides is 1. The maximum absolute atomic E-state index is 13.9. The maximum atomic E-state index is 13.9. The molecule has 6 heteroatoms. The van der Waals surface area contributed by atoms with Gasteiger partial charge in [-0.1, -0.05) is 72.5 Å². The summed E-state index contributed by atoms with van der Waals surface area (Å²) in [6.07, 6.45) is 4.87. The van der Waals surface area contributed by atoms with Crippen LogP contribution in [0.2, 0.25) is 0 Å². The molecule has 0 N–H and O–H groups in total. The highest BCUT2D eigenvalue weighted by Gasteiger charge is 2.39. The number of carbonyl (C=O) groups excluding carboxylic acids is 2. The standard InChI is InChI=1S/C30H31FN2O3/c1-36-30(35)27-22-32(19-9-8-10-23-15-17-26(31)18-16-23)20-21-33(27)29(34)28(24-11-4-2-5-12-24)25-13-6-3-7-14-25/h2-7,11-15,17,27-28H,9,16,18-22H2,1H3. The van der Waals surface area contributed by atoms with Crippen LogP contribution in [0.5, 0.6) is 0 Å². The number of benzene rings is 2. The molecule has 0 bridgehead atoms. The number of nitrogens with zero attached hydrogens (tertiary/aromatic N) is 2. The molecule has 1 heterocycles. The average molecular weight is 487 g/mol. The molecule has 36 heavy (non-hydrogen) atoms. The average Bonchev–Trinajstić information content (AvgIpc) is 2.93. The van der Waals surface area contributed by atoms with E-state index in [1.165, 1.54) is 13.2 Å². The van der Waals surface area contributed by atoms with Gasteiger partial charge in [-0.25, -0.2) is 9.18 Å². The Morgan fingerprint density at radius 1 is 1.00 bits per heavy atom. The Labute approximate surface area is 212 Å². The third kappa shape index (κ3) is 6.30. The number of halogens is 1. The lowest BCUT2D eigenvalue weighted by Crippen LogP contribution is -2.59. The van der Waals surface area contributed by atoms with Gasteiger partial charge in [-0.2, -0.15) is 0 Å². The summed E-state index contributed by atoms with van der Waals surface area (Å²) in [6, 6.07) is 18.6. The van der Waals surface area contributed by atoms with Gasteiger partial charge in [-0.05, 0) is 29.7 Å². The second-order valence-corrected chi connectivity index (χ2v) is 8.98. The first kappa shape index (κ1) is 25.4. The maximum Gasteiger partial charge on any atom is 0.329 e. The van der Waals surface area contributed by atoms with Gasteiger partial charge >= 0.3 is 5.97 Å². The van der Waals surface area contributed by atoms with Crippen molar-refractivity contribution >= 4 is 11.9 Å². The number of hydrogen-bond donors (Lipinski definition) is 0. The zero-order valence-electron chi connectivity index (χ0n) is 20.5. The van der Waals surface area contributed by atoms with Crippen molar-refractivity contribution in [1.29, 1.82) is 0 Å². The van der Waals surface area contributed by atoms with Crippen LogP contribution in [0.3, 0.4) is 0 Å². The van der Waals surface area contributed by atoms with Crippen LogP contribution >= 0.6 is 0 Å². The number of piperazine rings is 1. The van der Waals surface area contributed by atoms with Gasteiger partial charge in [0.1, 0.15) is 11.9 Å². The predicted octanol–water partition coefficient (Wildman–Crippen LogP) is 4.47. The molecule has 1 unspecified atom stereocenters. The lowest BCUT2D eigenvalue weighted by Gasteiger charge is -2.41. The molecule has 0 aromatic heterocycles. The van der Waals surface area contributed by atoms with E-state index in [0.29, 0.717) is 45.4 Å². The van der Waals surface area contributed by atoms with Crippen LogP contribution in [-0.2, 0) is 14.3 Å². The molecule has 0 radical (unpaired) electrons. The van der Waals surface area contributed by atoms with Gasteiger partial charge in [-0.3, -0.25) is 9.69 Å². The van der Waals surface area contributed by atoms with E-state index in [9.17, 15) is 14.0 Å². The second-order valence-electron chi connectivity index (χ2n) is 8.98. The third-order valence-corrected chi connectivity index (χ3v) is 6.63. The van der Waals surface area contributed by atoms with E-state index in [-0.39, 0.29) is 11.7 Å². The normalized spacial score (nSPS) is 18.1. The van der Waals surface area contributed by atoms with E-state index in [1.807, 2.05) is 60.7 Å². The first-order valence-electron chi connectivity index (χ1n) is 12.3. The van der Waals surface area contributed by atoms with Gasteiger partial charge in [0.05, 0.1) is 13.0 Å². The van der Waals surface area contributed by atoms with Crippen molar-refractivity contribution in [3.05, 3.63) is 95.3 Å². The summed E-state index contributed by atoms with van der Waals surface area (Å²) >= 11 is 0. The summed E-state index contributed by atoms with van der Waals surface area (Å²) in [7, 11) is 1.36. The minimum absolute atomic E-state index is 0.105. The Morgan fingerprint density at radius 2 is 1.67 bits per heavy atom. The number of allylic oxidation sites excluding steroid dienone is 4. The number of esters is 1. The zero-order chi connectivity index (χ0) is 25.3. The van der Waals surface area contributed by atoms with Gasteiger partial charge in [0.25, 0.3) is 0 Å². The van der Waals surface area contributed by atoms with Crippen LogP contribution in [0.15, 0.2) is 84.2 Å². The molecular weight excluding hydrogens is 455 g/mol. The molecule has 2 aromatic rings. The van der Waals surface area contributed by atoms with E-state index in [1.54, 1.807) is 11.0 Å². The van der Waals surface area contributed by atoms with E-state index < -0.39 is 17.9 Å². The van der Waals surface area contributed by atoms with E-state index in [4.69, 9.17) is 4.74 Å². The molecule has 2 aromatic carbocycles. The Hall–Kier alpha value is -3.69. The lowest BCUT2D eigenvalue weighted by molar-refractivity contribution is -0.156. The highest BCUT2D eigenvalue weighted by atomic mass is 19.1. The predicted molar refractivity (Wildman–Crippen MR) is 138 cm³/mol. The number of ether oxygens (including phenoxy) is 1. The van der Waals surface area contributed by atoms with Crippen molar-refractivity contribution in [2.24, 2.45) is 0 Å². The highest BCUT2D eigenvalue weighted by molar-refractivity contribution is 5.91. The molecule has 1 atom stereocenters. The molecule has 1 fully saturated rings. The van der Waals surface area contributed by atoms with E-state index in [0.717, 1.165) is 16.7 Å². The minimum atomic E-state index is -0.687. The van der Waals surface area contributed by atoms with Crippen LogP contribution in [0.1, 0.15) is 36.3 Å². The molecule has 1 saturated heterocycles. The first-order valence-corrected chi connectivity index (χ1v) is 12.3. The van der Waals surface area contributed by atoms with E-state index in [2.05, 4.69) is 16.7 Å². The molecule has 1 aliphatic carbocycles. The smallest absolute Gasteiger partial charge is 0.329 e. The van der Waals surface area contributed by atoms with Crippen molar-refractivity contribution in [3.8, 4) is 11.8 Å². The minimum Gasteiger partial charge on any atom is -0.467 e. The number of carbonyl (C=O) groups is 2. The van der Waals surface area contributed by atoms with Crippen molar-refractivity contribution < 1.29 is 18.7 Å². The SMILES string of the molecule is COC(=O)C1CN(CCC#CC2=CC=C(F)CC2)CCN1C(=O)C(c1ccccc1)c1ccccc1. The van der Waals surface area contributed by atoms with Crippen LogP contribution in [0, 0.1) is 11.8 Å². The quantitative estimate of drug-likeness (QED) is 0.447. The Morgan fingerprint density at radius 3 is 2.25 bits per heavy atom. The monoisotopic (exact) mass is 486 g/mol. The van der Waals surface area contributed by atoms with Crippen LogP contribution < -0.4 is 0 Å². The fraction of sp³-hybridized carbons (Fsp3) is 0.333. The fourth-order valence-corrected chi connectivity index (χ4v) is 4.68. The molecule has 4 rings (SSSR count). The van der Waals surface area contributed by atoms with Crippen LogP contribution in [0.25, 0.3) is 0 Å². The molecule has 186 valence electrons. The van der Waals surface area contributed by atoms with Gasteiger partial charge in [0.2, 0.25) is 5.91 Å². The summed E-state index contributed by atoms with van der Waals surface area (Å²) in [5.74, 6) is 5.15. The van der Waals surface area contributed by atoms with Crippen molar-refractivity contribution in [3.63, 3.8) is 0 Å². The van der Waals surface area contributed by atoms with Gasteiger partial charge in [-0.15, -0.1) is 0 Å². The summed E-state index contributed by atoms with van der Waals surface area (Å²) in [6.45, 7) is 2.15. The zero-order valence-corrected chi connectivity index (χ0v) is 20.5. The molecule has 2 aliphatic rings. The molecule has 1 amide bonds. The Bertz CT molecular complexity index is 1140. The van der Waals surface area contributed by atoms with Crippen LogP contribution in [-0.4, -0.2) is 61.0 Å². The second kappa shape index (κ2) is 12.3. The largest absolute Gasteiger partial charge is 0.467 e. The molecule has 1 aliphatic heterocycles. The summed E-state index contributed by atoms with van der Waals surface area (Å²) in [5.41, 5.74) is 2.72. The lowest BCUT2D eigenvalue weighted by atomic mass is 9.89. The summed E-state index contributed by atoms with van der Waals surface area (Å²) in [4.78, 5) is 30.5. The van der Waals surface area contributed by atoms with Crippen molar-refractivity contribution in [2.75, 3.05) is 33.3 Å².